The van der Waals surface area contributed by atoms with E-state index in [-0.39, 0.29) is 45.1 Å². The van der Waals surface area contributed by atoms with Gasteiger partial charge in [-0.1, -0.05) is 43.5 Å². The Balaban J connectivity index is 1.74. The zero-order valence-electron chi connectivity index (χ0n) is 11.2. The molecule has 3 fully saturated rings. The minimum atomic E-state index is -0.196. The van der Waals surface area contributed by atoms with E-state index in [0.717, 1.165) is 10.9 Å². The van der Waals surface area contributed by atoms with Crippen molar-refractivity contribution in [2.45, 2.75) is 16.1 Å². The number of benzene rings is 1. The molecule has 2 amide bonds. The minimum absolute atomic E-state index is 0.0789. The van der Waals surface area contributed by atoms with Crippen LogP contribution in [-0.4, -0.2) is 21.5 Å². The fourth-order valence-electron chi connectivity index (χ4n) is 4.23. The number of fused-ring (bicyclic) bond motifs is 5. The van der Waals surface area contributed by atoms with Crippen molar-refractivity contribution < 1.29 is 9.59 Å². The fraction of sp³-hybridized carbons (Fsp3) is 0.467. The Kier molecular flexibility index (Phi) is 3.76. The number of nitrogens with zero attached hydrogens (tertiary/aromatic N) is 1. The predicted molar refractivity (Wildman–Crippen MR) is 95.7 cm³/mol. The average molecular weight is 512 g/mol. The molecule has 3 aliphatic rings. The van der Waals surface area contributed by atoms with Crippen LogP contribution in [0, 0.1) is 23.7 Å². The topological polar surface area (TPSA) is 37.4 Å². The molecule has 1 aromatic rings. The average Bonchev–Trinajstić information content (AvgIpc) is 3.08. The van der Waals surface area contributed by atoms with Crippen LogP contribution in [0.25, 0.3) is 0 Å². The maximum absolute atomic E-state index is 12.9. The molecule has 6 atom stereocenters. The fourth-order valence-corrected chi connectivity index (χ4v) is 6.52. The lowest BCUT2D eigenvalue weighted by Gasteiger charge is -2.28. The Bertz CT molecular complexity index is 665. The van der Waals surface area contributed by atoms with Crippen LogP contribution >= 0.6 is 59.4 Å². The van der Waals surface area contributed by atoms with Crippen LogP contribution in [0.1, 0.15) is 6.42 Å². The van der Waals surface area contributed by atoms with Gasteiger partial charge in [-0.3, -0.25) is 9.59 Å². The number of alkyl halides is 2. The van der Waals surface area contributed by atoms with Crippen LogP contribution in [0.2, 0.25) is 5.02 Å². The molecule has 2 aliphatic carbocycles. The lowest BCUT2D eigenvalue weighted by Crippen LogP contribution is -2.37. The van der Waals surface area contributed by atoms with Crippen molar-refractivity contribution in [1.82, 2.24) is 0 Å². The summed E-state index contributed by atoms with van der Waals surface area (Å²) in [6.45, 7) is 0. The SMILES string of the molecule is O=C1[C@@H]2[C@H]3C[C@H]([C@H](Br)[C@@H]3Br)[C@@H]2C(=O)N1c1ccc(Br)c(Cl)c1. The third-order valence-corrected chi connectivity index (χ3v) is 9.59. The summed E-state index contributed by atoms with van der Waals surface area (Å²) >= 11 is 16.8. The van der Waals surface area contributed by atoms with Crippen LogP contribution in [0.15, 0.2) is 22.7 Å². The summed E-state index contributed by atoms with van der Waals surface area (Å²) in [6, 6.07) is 5.19. The first-order chi connectivity index (χ1) is 10.4. The molecule has 0 unspecified atom stereocenters. The van der Waals surface area contributed by atoms with Gasteiger partial charge >= 0.3 is 0 Å². The molecule has 1 aliphatic heterocycles. The number of amides is 2. The van der Waals surface area contributed by atoms with Crippen LogP contribution in [0.5, 0.6) is 0 Å². The number of carbonyl (C=O) groups excluding carboxylic acids is 2. The number of hydrogen-bond donors (Lipinski definition) is 0. The van der Waals surface area contributed by atoms with Gasteiger partial charge in [0, 0.05) is 14.1 Å². The van der Waals surface area contributed by atoms with Gasteiger partial charge < -0.3 is 0 Å². The molecular formula is C15H11Br3ClNO2. The summed E-state index contributed by atoms with van der Waals surface area (Å²) in [4.78, 5) is 27.5. The first kappa shape index (κ1) is 15.6. The van der Waals surface area contributed by atoms with Gasteiger partial charge in [-0.05, 0) is 52.4 Å². The number of rotatable bonds is 1. The van der Waals surface area contributed by atoms with Gasteiger partial charge in [0.2, 0.25) is 11.8 Å². The van der Waals surface area contributed by atoms with Gasteiger partial charge in [0.05, 0.1) is 22.5 Å². The minimum Gasteiger partial charge on any atom is -0.274 e. The molecule has 0 N–H and O–H groups in total. The molecule has 2 saturated carbocycles. The van der Waals surface area contributed by atoms with E-state index < -0.39 is 0 Å². The van der Waals surface area contributed by atoms with Crippen molar-refractivity contribution >= 4 is 76.9 Å². The lowest BCUT2D eigenvalue weighted by molar-refractivity contribution is -0.123. The molecule has 2 bridgehead atoms. The van der Waals surface area contributed by atoms with Gasteiger partial charge in [0.15, 0.2) is 0 Å². The Labute approximate surface area is 158 Å². The van der Waals surface area contributed by atoms with Crippen LogP contribution in [0.4, 0.5) is 5.69 Å². The first-order valence-electron chi connectivity index (χ1n) is 7.03. The molecule has 22 heavy (non-hydrogen) atoms. The van der Waals surface area contributed by atoms with Crippen molar-refractivity contribution in [3.63, 3.8) is 0 Å². The molecule has 0 radical (unpaired) electrons. The second kappa shape index (κ2) is 5.30. The number of imide groups is 1. The largest absolute Gasteiger partial charge is 0.274 e. The summed E-state index contributed by atoms with van der Waals surface area (Å²) in [5, 5.41) is 0.495. The molecular weight excluding hydrogens is 501 g/mol. The zero-order chi connectivity index (χ0) is 15.8. The zero-order valence-corrected chi connectivity index (χ0v) is 16.7. The highest BCUT2D eigenvalue weighted by Crippen LogP contribution is 2.60. The molecule has 116 valence electrons. The molecule has 3 nitrogen and oxygen atoms in total. The van der Waals surface area contributed by atoms with Crippen LogP contribution in [0.3, 0.4) is 0 Å². The molecule has 1 aromatic carbocycles. The normalized spacial score (nSPS) is 39.7. The van der Waals surface area contributed by atoms with Gasteiger partial charge in [-0.15, -0.1) is 0 Å². The molecule has 0 aromatic heterocycles. The summed E-state index contributed by atoms with van der Waals surface area (Å²) in [6.07, 6.45) is 0.938. The standard InChI is InChI=1S/C15H11Br3ClNO2/c16-8-2-1-5(3-9(8)19)20-14(21)10-6-4-7(11(10)15(20)22)13(18)12(6)17/h1-3,6-7,10-13H,4H2/t6-,7+,10-,11+,12-,13+. The molecule has 4 rings (SSSR count). The van der Waals surface area contributed by atoms with Gasteiger partial charge in [-0.2, -0.15) is 0 Å². The Morgan fingerprint density at radius 1 is 1.05 bits per heavy atom. The third kappa shape index (κ3) is 1.96. The van der Waals surface area contributed by atoms with Crippen molar-refractivity contribution in [1.29, 1.82) is 0 Å². The highest BCUT2D eigenvalue weighted by molar-refractivity contribution is 9.12. The summed E-state index contributed by atoms with van der Waals surface area (Å²) < 4.78 is 0.748. The number of hydrogen-bond acceptors (Lipinski definition) is 2. The van der Waals surface area contributed by atoms with Gasteiger partial charge in [-0.25, -0.2) is 4.90 Å². The van der Waals surface area contributed by atoms with Gasteiger partial charge in [0.25, 0.3) is 0 Å². The van der Waals surface area contributed by atoms with E-state index in [1.807, 2.05) is 0 Å². The number of carbonyl (C=O) groups is 2. The first-order valence-corrected chi connectivity index (χ1v) is 10.0. The van der Waals surface area contributed by atoms with E-state index in [9.17, 15) is 9.59 Å². The van der Waals surface area contributed by atoms with E-state index >= 15 is 0 Å². The van der Waals surface area contributed by atoms with Crippen molar-refractivity contribution in [3.05, 3.63) is 27.7 Å². The molecule has 7 heteroatoms. The highest BCUT2D eigenvalue weighted by Gasteiger charge is 2.66. The summed E-state index contributed by atoms with van der Waals surface area (Å²) in [5.74, 6) is -0.0934. The molecule has 1 heterocycles. The van der Waals surface area contributed by atoms with Crippen molar-refractivity contribution in [2.75, 3.05) is 4.90 Å². The van der Waals surface area contributed by atoms with E-state index in [2.05, 4.69) is 47.8 Å². The summed E-state index contributed by atoms with van der Waals surface area (Å²) in [7, 11) is 0. The second-order valence-electron chi connectivity index (χ2n) is 6.11. The van der Waals surface area contributed by atoms with Crippen molar-refractivity contribution in [3.8, 4) is 0 Å². The van der Waals surface area contributed by atoms with E-state index in [0.29, 0.717) is 10.7 Å². The van der Waals surface area contributed by atoms with Crippen LogP contribution in [-0.2, 0) is 9.59 Å². The van der Waals surface area contributed by atoms with E-state index in [1.165, 1.54) is 4.90 Å². The molecule has 0 spiro atoms. The highest BCUT2D eigenvalue weighted by atomic mass is 79.9. The molecule has 1 saturated heterocycles. The van der Waals surface area contributed by atoms with E-state index in [4.69, 9.17) is 11.6 Å². The Morgan fingerprint density at radius 3 is 2.09 bits per heavy atom. The summed E-state index contributed by atoms with van der Waals surface area (Å²) in [5.41, 5.74) is 0.564. The quantitative estimate of drug-likeness (QED) is 0.414. The van der Waals surface area contributed by atoms with E-state index in [1.54, 1.807) is 18.2 Å². The third-order valence-electron chi connectivity index (χ3n) is 5.15. The smallest absolute Gasteiger partial charge is 0.238 e. The Hall–Kier alpha value is 0.0900. The Morgan fingerprint density at radius 2 is 1.59 bits per heavy atom. The van der Waals surface area contributed by atoms with Crippen LogP contribution < -0.4 is 4.90 Å². The maximum Gasteiger partial charge on any atom is 0.238 e. The van der Waals surface area contributed by atoms with Gasteiger partial charge in [0.1, 0.15) is 0 Å². The number of anilines is 1. The van der Waals surface area contributed by atoms with Crippen molar-refractivity contribution in [2.24, 2.45) is 23.7 Å². The second-order valence-corrected chi connectivity index (χ2v) is 9.49. The number of halogens is 4. The monoisotopic (exact) mass is 509 g/mol. The predicted octanol–water partition coefficient (Wildman–Crippen LogP) is 4.38. The lowest BCUT2D eigenvalue weighted by atomic mass is 9.81. The maximum atomic E-state index is 12.9.